The summed E-state index contributed by atoms with van der Waals surface area (Å²) in [5.74, 6) is -0.00163. The lowest BCUT2D eigenvalue weighted by molar-refractivity contribution is -0.123. The highest BCUT2D eigenvalue weighted by Gasteiger charge is 1.97. The third kappa shape index (κ3) is 7.21. The van der Waals surface area contributed by atoms with Crippen molar-refractivity contribution in [3.05, 3.63) is 0 Å². The fourth-order valence-corrected chi connectivity index (χ4v) is 0.587. The number of ketones is 1. The lowest BCUT2D eigenvalue weighted by atomic mass is 10.3. The Balaban J connectivity index is 3.11. The number of nitrogens with one attached hydrogen (secondary N) is 1. The van der Waals surface area contributed by atoms with E-state index in [0.717, 1.165) is 0 Å². The summed E-state index contributed by atoms with van der Waals surface area (Å²) in [5, 5.41) is 2.56. The Morgan fingerprint density at radius 2 is 2.08 bits per heavy atom. The quantitative estimate of drug-likeness (QED) is 0.580. The Hall–Kier alpha value is -0.900. The molecule has 0 aliphatic heterocycles. The zero-order valence-electron chi connectivity index (χ0n) is 7.55. The van der Waals surface area contributed by atoms with E-state index in [1.807, 2.05) is 0 Å². The standard InChI is InChI=1S/C8H15NO3/c1-3-8(11)6-12-5-4-9-7(2)10/h3-6H2,1-2H3,(H,9,10). The summed E-state index contributed by atoms with van der Waals surface area (Å²) in [6.07, 6.45) is 0.500. The smallest absolute Gasteiger partial charge is 0.216 e. The molecule has 4 heteroatoms. The van der Waals surface area contributed by atoms with E-state index in [1.165, 1.54) is 6.92 Å². The van der Waals surface area contributed by atoms with Crippen LogP contribution in [0.1, 0.15) is 20.3 Å². The predicted octanol–water partition coefficient (Wildman–Crippen LogP) is 0.118. The maximum atomic E-state index is 10.7. The van der Waals surface area contributed by atoms with Crippen LogP contribution >= 0.6 is 0 Å². The van der Waals surface area contributed by atoms with Gasteiger partial charge >= 0.3 is 0 Å². The summed E-state index contributed by atoms with van der Waals surface area (Å²) in [4.78, 5) is 21.1. The van der Waals surface area contributed by atoms with Crippen molar-refractivity contribution in [2.24, 2.45) is 0 Å². The first kappa shape index (κ1) is 11.1. The van der Waals surface area contributed by atoms with Crippen LogP contribution in [0.25, 0.3) is 0 Å². The first-order chi connectivity index (χ1) is 5.66. The second kappa shape index (κ2) is 6.79. The Bertz CT molecular complexity index is 156. The van der Waals surface area contributed by atoms with Crippen molar-refractivity contribution in [2.75, 3.05) is 19.8 Å². The number of amides is 1. The molecular formula is C8H15NO3. The number of hydrogen-bond donors (Lipinski definition) is 1. The molecule has 0 spiro atoms. The fraction of sp³-hybridized carbons (Fsp3) is 0.750. The van der Waals surface area contributed by atoms with Gasteiger partial charge < -0.3 is 10.1 Å². The lowest BCUT2D eigenvalue weighted by Crippen LogP contribution is -2.25. The Labute approximate surface area is 72.3 Å². The van der Waals surface area contributed by atoms with Gasteiger partial charge in [-0.05, 0) is 0 Å². The summed E-state index contributed by atoms with van der Waals surface area (Å²) in [7, 11) is 0. The SMILES string of the molecule is CCC(=O)COCCNC(C)=O. The van der Waals surface area contributed by atoms with Crippen molar-refractivity contribution in [1.29, 1.82) is 0 Å². The van der Waals surface area contributed by atoms with Crippen LogP contribution in [-0.2, 0) is 14.3 Å². The number of carbonyl (C=O) groups is 2. The average molecular weight is 173 g/mol. The van der Waals surface area contributed by atoms with Crippen LogP contribution in [0.4, 0.5) is 0 Å². The molecule has 70 valence electrons. The topological polar surface area (TPSA) is 55.4 Å². The minimum absolute atomic E-state index is 0.0813. The zero-order valence-corrected chi connectivity index (χ0v) is 7.55. The van der Waals surface area contributed by atoms with E-state index < -0.39 is 0 Å². The van der Waals surface area contributed by atoms with Crippen molar-refractivity contribution in [2.45, 2.75) is 20.3 Å². The van der Waals surface area contributed by atoms with Gasteiger partial charge in [-0.25, -0.2) is 0 Å². The normalized spacial score (nSPS) is 9.50. The van der Waals surface area contributed by atoms with Crippen LogP contribution in [0.5, 0.6) is 0 Å². The molecule has 0 aliphatic carbocycles. The molecule has 1 N–H and O–H groups in total. The van der Waals surface area contributed by atoms with Crippen molar-refractivity contribution in [1.82, 2.24) is 5.32 Å². The van der Waals surface area contributed by atoms with Gasteiger partial charge in [0.15, 0.2) is 5.78 Å². The molecule has 0 bridgehead atoms. The number of hydrogen-bond acceptors (Lipinski definition) is 3. The molecule has 0 radical (unpaired) electrons. The maximum absolute atomic E-state index is 10.7. The zero-order chi connectivity index (χ0) is 9.40. The van der Waals surface area contributed by atoms with E-state index in [-0.39, 0.29) is 18.3 Å². The average Bonchev–Trinajstić information content (AvgIpc) is 2.03. The van der Waals surface area contributed by atoms with E-state index in [4.69, 9.17) is 4.74 Å². The second-order valence-electron chi connectivity index (χ2n) is 2.43. The summed E-state index contributed by atoms with van der Waals surface area (Å²) in [5.41, 5.74) is 0. The number of carbonyl (C=O) groups excluding carboxylic acids is 2. The first-order valence-electron chi connectivity index (χ1n) is 4.00. The molecule has 0 aromatic heterocycles. The fourth-order valence-electron chi connectivity index (χ4n) is 0.587. The van der Waals surface area contributed by atoms with Gasteiger partial charge in [0.2, 0.25) is 5.91 Å². The van der Waals surface area contributed by atoms with Crippen molar-refractivity contribution >= 4 is 11.7 Å². The molecule has 4 nitrogen and oxygen atoms in total. The van der Waals surface area contributed by atoms with Gasteiger partial charge in [0, 0.05) is 19.9 Å². The summed E-state index contributed by atoms with van der Waals surface area (Å²) in [6, 6.07) is 0. The van der Waals surface area contributed by atoms with Crippen molar-refractivity contribution in [3.8, 4) is 0 Å². The molecule has 0 fully saturated rings. The molecule has 0 rings (SSSR count). The predicted molar refractivity (Wildman–Crippen MR) is 44.8 cm³/mol. The van der Waals surface area contributed by atoms with Crippen LogP contribution in [0, 0.1) is 0 Å². The van der Waals surface area contributed by atoms with Crippen LogP contribution in [0.15, 0.2) is 0 Å². The molecule has 0 aliphatic rings. The molecule has 0 heterocycles. The number of rotatable bonds is 6. The van der Waals surface area contributed by atoms with Gasteiger partial charge in [-0.1, -0.05) is 6.92 Å². The lowest BCUT2D eigenvalue weighted by Gasteiger charge is -2.02. The summed E-state index contributed by atoms with van der Waals surface area (Å²) >= 11 is 0. The molecule has 0 atom stereocenters. The number of Topliss-reactive ketones (excluding diaryl/α,β-unsaturated/α-hetero) is 1. The molecule has 1 amide bonds. The highest BCUT2D eigenvalue weighted by Crippen LogP contribution is 1.82. The van der Waals surface area contributed by atoms with Gasteiger partial charge in [-0.3, -0.25) is 9.59 Å². The van der Waals surface area contributed by atoms with Crippen molar-refractivity contribution in [3.63, 3.8) is 0 Å². The second-order valence-corrected chi connectivity index (χ2v) is 2.43. The molecular weight excluding hydrogens is 158 g/mol. The van der Waals surface area contributed by atoms with Gasteiger partial charge in [-0.2, -0.15) is 0 Å². The Morgan fingerprint density at radius 3 is 2.58 bits per heavy atom. The summed E-state index contributed by atoms with van der Waals surface area (Å²) < 4.78 is 4.97. The largest absolute Gasteiger partial charge is 0.372 e. The van der Waals surface area contributed by atoms with Gasteiger partial charge in [-0.15, -0.1) is 0 Å². The molecule has 0 aromatic carbocycles. The van der Waals surface area contributed by atoms with Gasteiger partial charge in [0.1, 0.15) is 6.61 Å². The minimum Gasteiger partial charge on any atom is -0.372 e. The van der Waals surface area contributed by atoms with E-state index in [9.17, 15) is 9.59 Å². The Kier molecular flexibility index (Phi) is 6.28. The van der Waals surface area contributed by atoms with Crippen molar-refractivity contribution < 1.29 is 14.3 Å². The third-order valence-corrected chi connectivity index (χ3v) is 1.28. The highest BCUT2D eigenvalue weighted by molar-refractivity contribution is 5.79. The third-order valence-electron chi connectivity index (χ3n) is 1.28. The minimum atomic E-state index is -0.0829. The van der Waals surface area contributed by atoms with Gasteiger partial charge in [0.05, 0.1) is 6.61 Å². The van der Waals surface area contributed by atoms with Crippen LogP contribution < -0.4 is 5.32 Å². The number of ether oxygens (including phenoxy) is 1. The van der Waals surface area contributed by atoms with E-state index in [2.05, 4.69) is 5.32 Å². The van der Waals surface area contributed by atoms with E-state index in [1.54, 1.807) is 6.92 Å². The van der Waals surface area contributed by atoms with Crippen LogP contribution in [0.3, 0.4) is 0 Å². The maximum Gasteiger partial charge on any atom is 0.216 e. The molecule has 0 saturated heterocycles. The summed E-state index contributed by atoms with van der Waals surface area (Å²) in [6.45, 7) is 4.24. The highest BCUT2D eigenvalue weighted by atomic mass is 16.5. The Morgan fingerprint density at radius 1 is 1.42 bits per heavy atom. The van der Waals surface area contributed by atoms with Crippen LogP contribution in [-0.4, -0.2) is 31.4 Å². The molecule has 0 saturated carbocycles. The van der Waals surface area contributed by atoms with Crippen LogP contribution in [0.2, 0.25) is 0 Å². The van der Waals surface area contributed by atoms with E-state index in [0.29, 0.717) is 19.6 Å². The van der Waals surface area contributed by atoms with Gasteiger partial charge in [0.25, 0.3) is 0 Å². The monoisotopic (exact) mass is 173 g/mol. The van der Waals surface area contributed by atoms with E-state index >= 15 is 0 Å². The molecule has 12 heavy (non-hydrogen) atoms. The molecule has 0 aromatic rings. The molecule has 0 unspecified atom stereocenters. The first-order valence-corrected chi connectivity index (χ1v) is 4.00.